The summed E-state index contributed by atoms with van der Waals surface area (Å²) in [6.07, 6.45) is 3.86. The molecule has 1 aliphatic rings. The van der Waals surface area contributed by atoms with Gasteiger partial charge in [-0.25, -0.2) is 9.97 Å². The van der Waals surface area contributed by atoms with E-state index in [2.05, 4.69) is 9.97 Å². The molecular weight excluding hydrogens is 220 g/mol. The average molecular weight is 236 g/mol. The first-order valence-corrected chi connectivity index (χ1v) is 5.87. The summed E-state index contributed by atoms with van der Waals surface area (Å²) in [4.78, 5) is 19.3. The van der Waals surface area contributed by atoms with Gasteiger partial charge in [-0.15, -0.1) is 0 Å². The van der Waals surface area contributed by atoms with Crippen LogP contribution in [0.2, 0.25) is 0 Å². The minimum atomic E-state index is -0.206. The molecule has 0 amide bonds. The lowest BCUT2D eigenvalue weighted by Gasteiger charge is -2.14. The maximum Gasteiger partial charge on any atom is 0.306 e. The minimum Gasteiger partial charge on any atom is -0.493 e. The second kappa shape index (κ2) is 5.12. The van der Waals surface area contributed by atoms with E-state index in [9.17, 15) is 9.90 Å². The number of carbonyl (C=O) groups excluding carboxylic acids is 1. The van der Waals surface area contributed by atoms with Crippen molar-refractivity contribution in [3.05, 3.63) is 18.1 Å². The fraction of sp³-hybridized carbons (Fsp3) is 0.583. The molecule has 1 saturated carbocycles. The maximum absolute atomic E-state index is 11.5. The Morgan fingerprint density at radius 3 is 2.94 bits per heavy atom. The van der Waals surface area contributed by atoms with E-state index in [1.807, 2.05) is 0 Å². The highest BCUT2D eigenvalue weighted by atomic mass is 16.5. The smallest absolute Gasteiger partial charge is 0.306 e. The highest BCUT2D eigenvalue weighted by Crippen LogP contribution is 2.44. The van der Waals surface area contributed by atoms with Crippen LogP contribution in [-0.4, -0.2) is 27.7 Å². The Labute approximate surface area is 99.9 Å². The molecule has 0 spiro atoms. The maximum atomic E-state index is 11.5. The Bertz CT molecular complexity index is 404. The molecule has 17 heavy (non-hydrogen) atoms. The van der Waals surface area contributed by atoms with Crippen molar-refractivity contribution in [1.29, 1.82) is 0 Å². The molecule has 5 nitrogen and oxygen atoms in total. The minimum absolute atomic E-state index is 0.0444. The van der Waals surface area contributed by atoms with Crippen LogP contribution in [0.15, 0.2) is 12.4 Å². The van der Waals surface area contributed by atoms with Crippen LogP contribution in [0.5, 0.6) is 5.88 Å². The number of hydrogen-bond donors (Lipinski definition) is 1. The van der Waals surface area contributed by atoms with Crippen molar-refractivity contribution in [3.63, 3.8) is 0 Å². The Morgan fingerprint density at radius 2 is 2.35 bits per heavy atom. The molecule has 1 unspecified atom stereocenters. The summed E-state index contributed by atoms with van der Waals surface area (Å²) >= 11 is 0. The molecule has 1 N–H and O–H groups in total. The molecule has 1 aromatic heterocycles. The molecule has 5 heteroatoms. The Morgan fingerprint density at radius 1 is 1.59 bits per heavy atom. The topological polar surface area (TPSA) is 72.3 Å². The molecule has 1 aromatic rings. The summed E-state index contributed by atoms with van der Waals surface area (Å²) in [5, 5.41) is 9.33. The highest BCUT2D eigenvalue weighted by molar-refractivity contribution is 5.70. The van der Waals surface area contributed by atoms with Gasteiger partial charge in [0.05, 0.1) is 18.7 Å². The number of esters is 1. The SMILES string of the molecule is CCOC(=O)CC(c1cc(O)ncn1)C1CC1. The van der Waals surface area contributed by atoms with Crippen molar-refractivity contribution in [2.45, 2.75) is 32.1 Å². The van der Waals surface area contributed by atoms with Gasteiger partial charge in [0.15, 0.2) is 0 Å². The molecule has 0 bridgehead atoms. The molecule has 92 valence electrons. The standard InChI is InChI=1S/C12H16N2O3/c1-2-17-12(16)5-9(8-3-4-8)10-6-11(15)14-7-13-10/h6-9H,2-5H2,1H3,(H,13,14,15). The summed E-state index contributed by atoms with van der Waals surface area (Å²) in [5.74, 6) is 0.267. The number of ether oxygens (including phenoxy) is 1. The van der Waals surface area contributed by atoms with Crippen LogP contribution < -0.4 is 0 Å². The number of nitrogens with zero attached hydrogens (tertiary/aromatic N) is 2. The lowest BCUT2D eigenvalue weighted by molar-refractivity contribution is -0.143. The normalized spacial score (nSPS) is 16.5. The molecule has 1 atom stereocenters. The monoisotopic (exact) mass is 236 g/mol. The van der Waals surface area contributed by atoms with Gasteiger partial charge in [0, 0.05) is 12.0 Å². The summed E-state index contributed by atoms with van der Waals surface area (Å²) in [5.41, 5.74) is 0.730. The van der Waals surface area contributed by atoms with E-state index in [1.165, 1.54) is 12.4 Å². The third-order valence-corrected chi connectivity index (χ3v) is 2.94. The number of carbonyl (C=O) groups is 1. The van der Waals surface area contributed by atoms with E-state index in [4.69, 9.17) is 4.74 Å². The molecule has 1 aliphatic carbocycles. The molecule has 0 aliphatic heterocycles. The van der Waals surface area contributed by atoms with Crippen LogP contribution in [0.25, 0.3) is 0 Å². The van der Waals surface area contributed by atoms with E-state index < -0.39 is 0 Å². The van der Waals surface area contributed by atoms with E-state index in [-0.39, 0.29) is 17.8 Å². The molecule has 1 heterocycles. The molecule has 0 saturated heterocycles. The van der Waals surface area contributed by atoms with Crippen LogP contribution in [0.4, 0.5) is 0 Å². The van der Waals surface area contributed by atoms with Gasteiger partial charge in [0.25, 0.3) is 0 Å². The molecule has 0 radical (unpaired) electrons. The lowest BCUT2D eigenvalue weighted by atomic mass is 9.95. The summed E-state index contributed by atoms with van der Waals surface area (Å²) < 4.78 is 4.96. The third-order valence-electron chi connectivity index (χ3n) is 2.94. The van der Waals surface area contributed by atoms with Crippen molar-refractivity contribution in [3.8, 4) is 5.88 Å². The van der Waals surface area contributed by atoms with E-state index in [1.54, 1.807) is 6.92 Å². The second-order valence-corrected chi connectivity index (χ2v) is 4.25. The van der Waals surface area contributed by atoms with Crippen molar-refractivity contribution >= 4 is 5.97 Å². The van der Waals surface area contributed by atoms with Crippen molar-refractivity contribution in [2.75, 3.05) is 6.61 Å². The van der Waals surface area contributed by atoms with Gasteiger partial charge < -0.3 is 9.84 Å². The number of aromatic nitrogens is 2. The Balaban J connectivity index is 2.09. The first-order valence-electron chi connectivity index (χ1n) is 5.87. The van der Waals surface area contributed by atoms with Gasteiger partial charge in [-0.2, -0.15) is 0 Å². The van der Waals surface area contributed by atoms with Crippen molar-refractivity contribution in [1.82, 2.24) is 9.97 Å². The predicted molar refractivity (Wildman–Crippen MR) is 60.4 cm³/mol. The predicted octanol–water partition coefficient (Wildman–Crippen LogP) is 1.63. The van der Waals surface area contributed by atoms with E-state index >= 15 is 0 Å². The van der Waals surface area contributed by atoms with Gasteiger partial charge in [-0.1, -0.05) is 0 Å². The summed E-state index contributed by atoms with van der Waals surface area (Å²) in [6.45, 7) is 2.19. The highest BCUT2D eigenvalue weighted by Gasteiger charge is 2.35. The van der Waals surface area contributed by atoms with Crippen LogP contribution in [0, 0.1) is 5.92 Å². The van der Waals surface area contributed by atoms with Gasteiger partial charge in [0.1, 0.15) is 6.33 Å². The number of aromatic hydroxyl groups is 1. The lowest BCUT2D eigenvalue weighted by Crippen LogP contribution is -2.13. The van der Waals surface area contributed by atoms with Crippen LogP contribution in [0.1, 0.15) is 37.8 Å². The third kappa shape index (κ3) is 3.15. The number of rotatable bonds is 5. The first kappa shape index (κ1) is 11.8. The number of hydrogen-bond acceptors (Lipinski definition) is 5. The molecule has 1 fully saturated rings. The van der Waals surface area contributed by atoms with Gasteiger partial charge in [-0.3, -0.25) is 4.79 Å². The molecular formula is C12H16N2O3. The average Bonchev–Trinajstić information content (AvgIpc) is 3.10. The van der Waals surface area contributed by atoms with Crippen molar-refractivity contribution < 1.29 is 14.6 Å². The molecule has 2 rings (SSSR count). The summed E-state index contributed by atoms with van der Waals surface area (Å²) in [6, 6.07) is 1.53. The van der Waals surface area contributed by atoms with Crippen LogP contribution in [-0.2, 0) is 9.53 Å². The van der Waals surface area contributed by atoms with Gasteiger partial charge in [-0.05, 0) is 25.7 Å². The zero-order valence-corrected chi connectivity index (χ0v) is 9.80. The van der Waals surface area contributed by atoms with Gasteiger partial charge in [0.2, 0.25) is 5.88 Å². The Hall–Kier alpha value is -1.65. The largest absolute Gasteiger partial charge is 0.493 e. The molecule has 0 aromatic carbocycles. The summed E-state index contributed by atoms with van der Waals surface area (Å²) in [7, 11) is 0. The fourth-order valence-electron chi connectivity index (χ4n) is 1.98. The van der Waals surface area contributed by atoms with Crippen molar-refractivity contribution in [2.24, 2.45) is 5.92 Å². The van der Waals surface area contributed by atoms with E-state index in [0.29, 0.717) is 18.9 Å². The quantitative estimate of drug-likeness (QED) is 0.786. The first-order chi connectivity index (χ1) is 8.20. The zero-order valence-electron chi connectivity index (χ0n) is 9.80. The second-order valence-electron chi connectivity index (χ2n) is 4.25. The van der Waals surface area contributed by atoms with Gasteiger partial charge >= 0.3 is 5.97 Å². The van der Waals surface area contributed by atoms with E-state index in [0.717, 1.165) is 18.5 Å². The Kier molecular flexibility index (Phi) is 3.56. The van der Waals surface area contributed by atoms with Crippen LogP contribution >= 0.6 is 0 Å². The zero-order chi connectivity index (χ0) is 12.3. The fourth-order valence-corrected chi connectivity index (χ4v) is 1.98. The van der Waals surface area contributed by atoms with Crippen LogP contribution in [0.3, 0.4) is 0 Å².